The van der Waals surface area contributed by atoms with Gasteiger partial charge >= 0.3 is 0 Å². The largest absolute Gasteiger partial charge is 0.459 e. The zero-order chi connectivity index (χ0) is 17.4. The van der Waals surface area contributed by atoms with Crippen LogP contribution >= 0.6 is 0 Å². The van der Waals surface area contributed by atoms with Crippen molar-refractivity contribution >= 4 is 11.8 Å². The van der Waals surface area contributed by atoms with E-state index in [-0.39, 0.29) is 11.8 Å². The smallest absolute Gasteiger partial charge is 0.287 e. The van der Waals surface area contributed by atoms with Crippen molar-refractivity contribution in [2.75, 3.05) is 20.2 Å². The van der Waals surface area contributed by atoms with Gasteiger partial charge in [-0.15, -0.1) is 0 Å². The second kappa shape index (κ2) is 8.88. The summed E-state index contributed by atoms with van der Waals surface area (Å²) in [6, 6.07) is 11.0. The van der Waals surface area contributed by atoms with Gasteiger partial charge in [-0.2, -0.15) is 0 Å². The van der Waals surface area contributed by atoms with Gasteiger partial charge in [-0.1, -0.05) is 30.3 Å². The fourth-order valence-corrected chi connectivity index (χ4v) is 2.30. The minimum Gasteiger partial charge on any atom is -0.459 e. The normalized spacial score (nSPS) is 11.8. The van der Waals surface area contributed by atoms with Gasteiger partial charge in [0.2, 0.25) is 0 Å². The summed E-state index contributed by atoms with van der Waals surface area (Å²) >= 11 is 0. The van der Waals surface area contributed by atoms with E-state index in [0.717, 1.165) is 11.1 Å². The highest BCUT2D eigenvalue weighted by molar-refractivity contribution is 5.92. The molecule has 0 bridgehead atoms. The summed E-state index contributed by atoms with van der Waals surface area (Å²) in [5, 5.41) is 5.57. The molecule has 1 heterocycles. The second-order valence-corrected chi connectivity index (χ2v) is 5.36. The average molecular weight is 330 g/mol. The fourth-order valence-electron chi connectivity index (χ4n) is 2.30. The van der Waals surface area contributed by atoms with Gasteiger partial charge < -0.3 is 19.8 Å². The van der Waals surface area contributed by atoms with Gasteiger partial charge in [0.15, 0.2) is 11.9 Å². The third-order valence-electron chi connectivity index (χ3n) is 3.58. The first kappa shape index (κ1) is 17.7. The molecule has 24 heavy (non-hydrogen) atoms. The summed E-state index contributed by atoms with van der Waals surface area (Å²) in [5.41, 5.74) is 1.60. The second-order valence-electron chi connectivity index (χ2n) is 5.36. The van der Waals surface area contributed by atoms with Crippen molar-refractivity contribution in [3.8, 4) is 0 Å². The standard InChI is InChI=1S/C18H22N2O4/c1-13-9-12-24-15(13)17(21)19-10-6-11-20-18(22)16(23-2)14-7-4-3-5-8-14/h3-5,7-9,12,16H,6,10-11H2,1-2H3,(H,19,21)(H,20,22). The molecule has 1 atom stereocenters. The van der Waals surface area contributed by atoms with Crippen LogP contribution in [0.5, 0.6) is 0 Å². The van der Waals surface area contributed by atoms with Crippen molar-refractivity contribution < 1.29 is 18.7 Å². The van der Waals surface area contributed by atoms with Crippen LogP contribution in [-0.4, -0.2) is 32.0 Å². The van der Waals surface area contributed by atoms with E-state index in [2.05, 4.69) is 10.6 Å². The molecule has 6 heteroatoms. The molecular formula is C18H22N2O4. The number of hydrogen-bond acceptors (Lipinski definition) is 4. The Labute approximate surface area is 141 Å². The molecular weight excluding hydrogens is 308 g/mol. The fraction of sp³-hybridized carbons (Fsp3) is 0.333. The van der Waals surface area contributed by atoms with E-state index in [1.807, 2.05) is 37.3 Å². The Morgan fingerprint density at radius 1 is 1.12 bits per heavy atom. The third kappa shape index (κ3) is 4.70. The molecule has 128 valence electrons. The van der Waals surface area contributed by atoms with E-state index < -0.39 is 6.10 Å². The van der Waals surface area contributed by atoms with Gasteiger partial charge in [-0.3, -0.25) is 9.59 Å². The SMILES string of the molecule is COC(C(=O)NCCCNC(=O)c1occc1C)c1ccccc1. The lowest BCUT2D eigenvalue weighted by molar-refractivity contribution is -0.131. The highest BCUT2D eigenvalue weighted by Crippen LogP contribution is 2.15. The summed E-state index contributed by atoms with van der Waals surface area (Å²) in [6.07, 6.45) is 1.47. The van der Waals surface area contributed by atoms with Crippen molar-refractivity contribution in [1.82, 2.24) is 10.6 Å². The molecule has 1 aromatic carbocycles. The number of benzene rings is 1. The summed E-state index contributed by atoms with van der Waals surface area (Å²) in [5.74, 6) is -0.123. The average Bonchev–Trinajstić information content (AvgIpc) is 3.02. The van der Waals surface area contributed by atoms with Gasteiger partial charge in [0.25, 0.3) is 11.8 Å². The molecule has 0 aliphatic heterocycles. The Balaban J connectivity index is 1.71. The molecule has 1 unspecified atom stereocenters. The Hall–Kier alpha value is -2.60. The number of methoxy groups -OCH3 is 1. The quantitative estimate of drug-likeness (QED) is 0.727. The molecule has 6 nitrogen and oxygen atoms in total. The zero-order valence-electron chi connectivity index (χ0n) is 13.9. The van der Waals surface area contributed by atoms with E-state index in [9.17, 15) is 9.59 Å². The van der Waals surface area contributed by atoms with Crippen molar-refractivity contribution in [1.29, 1.82) is 0 Å². The number of furan rings is 1. The van der Waals surface area contributed by atoms with Crippen LogP contribution in [0.1, 0.15) is 34.2 Å². The lowest BCUT2D eigenvalue weighted by Crippen LogP contribution is -2.33. The van der Waals surface area contributed by atoms with Gasteiger partial charge in [0, 0.05) is 25.8 Å². The first-order chi connectivity index (χ1) is 11.6. The van der Waals surface area contributed by atoms with Crippen LogP contribution < -0.4 is 10.6 Å². The van der Waals surface area contributed by atoms with Crippen LogP contribution in [0.2, 0.25) is 0 Å². The molecule has 0 radical (unpaired) electrons. The van der Waals surface area contributed by atoms with Crippen LogP contribution in [-0.2, 0) is 9.53 Å². The van der Waals surface area contributed by atoms with Crippen LogP contribution in [0.25, 0.3) is 0 Å². The molecule has 2 aromatic rings. The first-order valence-electron chi connectivity index (χ1n) is 7.81. The molecule has 1 aromatic heterocycles. The number of amides is 2. The highest BCUT2D eigenvalue weighted by atomic mass is 16.5. The highest BCUT2D eigenvalue weighted by Gasteiger charge is 2.19. The number of aryl methyl sites for hydroxylation is 1. The number of nitrogens with one attached hydrogen (secondary N) is 2. The van der Waals surface area contributed by atoms with Crippen LogP contribution in [0.4, 0.5) is 0 Å². The summed E-state index contributed by atoms with van der Waals surface area (Å²) in [6.45, 7) is 2.71. The Kier molecular flexibility index (Phi) is 6.57. The molecule has 2 N–H and O–H groups in total. The van der Waals surface area contributed by atoms with E-state index >= 15 is 0 Å². The topological polar surface area (TPSA) is 80.6 Å². The molecule has 0 aliphatic carbocycles. The number of carbonyl (C=O) groups excluding carboxylic acids is 2. The maximum absolute atomic E-state index is 12.2. The maximum atomic E-state index is 12.2. The molecule has 0 aliphatic rings. The van der Waals surface area contributed by atoms with E-state index in [0.29, 0.717) is 25.3 Å². The molecule has 0 saturated carbocycles. The molecule has 0 fully saturated rings. The van der Waals surface area contributed by atoms with E-state index in [1.54, 1.807) is 6.07 Å². The van der Waals surface area contributed by atoms with Gasteiger partial charge in [-0.05, 0) is 25.0 Å². The Morgan fingerprint density at radius 3 is 2.46 bits per heavy atom. The van der Waals surface area contributed by atoms with Crippen LogP contribution in [0.3, 0.4) is 0 Å². The third-order valence-corrected chi connectivity index (χ3v) is 3.58. The predicted molar refractivity (Wildman–Crippen MR) is 89.6 cm³/mol. The summed E-state index contributed by atoms with van der Waals surface area (Å²) < 4.78 is 10.4. The van der Waals surface area contributed by atoms with Crippen molar-refractivity contribution in [2.45, 2.75) is 19.4 Å². The van der Waals surface area contributed by atoms with Crippen molar-refractivity contribution in [3.63, 3.8) is 0 Å². The minimum absolute atomic E-state index is 0.197. The Morgan fingerprint density at radius 2 is 1.83 bits per heavy atom. The number of rotatable bonds is 8. The molecule has 0 spiro atoms. The monoisotopic (exact) mass is 330 g/mol. The zero-order valence-corrected chi connectivity index (χ0v) is 13.9. The van der Waals surface area contributed by atoms with E-state index in [4.69, 9.17) is 9.15 Å². The summed E-state index contributed by atoms with van der Waals surface area (Å²) in [7, 11) is 1.50. The van der Waals surface area contributed by atoms with Crippen LogP contribution in [0.15, 0.2) is 47.1 Å². The molecule has 2 amide bonds. The van der Waals surface area contributed by atoms with Gasteiger partial charge in [-0.25, -0.2) is 0 Å². The number of ether oxygens (including phenoxy) is 1. The van der Waals surface area contributed by atoms with Crippen LogP contribution in [0, 0.1) is 6.92 Å². The number of hydrogen-bond donors (Lipinski definition) is 2. The Bertz CT molecular complexity index is 667. The predicted octanol–water partition coefficient (Wildman–Crippen LogP) is 2.21. The van der Waals surface area contributed by atoms with Crippen molar-refractivity contribution in [3.05, 3.63) is 59.5 Å². The lowest BCUT2D eigenvalue weighted by Gasteiger charge is -2.15. The van der Waals surface area contributed by atoms with Gasteiger partial charge in [0.05, 0.1) is 6.26 Å². The first-order valence-corrected chi connectivity index (χ1v) is 7.81. The number of carbonyl (C=O) groups is 2. The summed E-state index contributed by atoms with van der Waals surface area (Å²) in [4.78, 5) is 24.0. The molecule has 0 saturated heterocycles. The minimum atomic E-state index is -0.633. The van der Waals surface area contributed by atoms with Gasteiger partial charge in [0.1, 0.15) is 0 Å². The molecule has 2 rings (SSSR count). The maximum Gasteiger partial charge on any atom is 0.287 e. The van der Waals surface area contributed by atoms with E-state index in [1.165, 1.54) is 13.4 Å². The lowest BCUT2D eigenvalue weighted by atomic mass is 10.1. The van der Waals surface area contributed by atoms with Crippen molar-refractivity contribution in [2.24, 2.45) is 0 Å².